The number of aliphatic carboxylic acids is 1. The summed E-state index contributed by atoms with van der Waals surface area (Å²) in [5.41, 5.74) is 1.44. The summed E-state index contributed by atoms with van der Waals surface area (Å²) in [7, 11) is 0. The van der Waals surface area contributed by atoms with Crippen LogP contribution >= 0.6 is 46.1 Å². The minimum Gasteiger partial charge on any atom is -0.481 e. The summed E-state index contributed by atoms with van der Waals surface area (Å²) >= 11 is 19.4. The molecule has 0 spiro atoms. The van der Waals surface area contributed by atoms with Crippen LogP contribution in [0.5, 0.6) is 0 Å². The van der Waals surface area contributed by atoms with Crippen molar-refractivity contribution in [3.8, 4) is 10.6 Å². The van der Waals surface area contributed by atoms with Gasteiger partial charge in [0.15, 0.2) is 0 Å². The summed E-state index contributed by atoms with van der Waals surface area (Å²) in [6.45, 7) is 0. The second-order valence-corrected chi connectivity index (χ2v) is 7.98. The van der Waals surface area contributed by atoms with Gasteiger partial charge in [0.05, 0.1) is 12.5 Å². The maximum absolute atomic E-state index is 12.6. The summed E-state index contributed by atoms with van der Waals surface area (Å²) < 4.78 is 0. The van der Waals surface area contributed by atoms with Crippen LogP contribution in [-0.2, 0) is 4.79 Å². The van der Waals surface area contributed by atoms with E-state index in [0.717, 1.165) is 5.56 Å². The number of aromatic nitrogens is 1. The Balaban J connectivity index is 1.83. The maximum atomic E-state index is 12.6. The average molecular weight is 456 g/mol. The lowest BCUT2D eigenvalue weighted by Gasteiger charge is -2.18. The van der Waals surface area contributed by atoms with E-state index in [-0.39, 0.29) is 17.1 Å². The van der Waals surface area contributed by atoms with Crippen LogP contribution in [0.25, 0.3) is 10.6 Å². The lowest BCUT2D eigenvalue weighted by molar-refractivity contribution is -0.137. The van der Waals surface area contributed by atoms with Crippen molar-refractivity contribution in [2.45, 2.75) is 12.5 Å². The Hall–Kier alpha value is -2.12. The standard InChI is InChI=1S/C19H13Cl3N2O3S/c20-11-3-1-2-10(6-11)19-24-16(9-28-19)18(27)23-15(8-17(25)26)13-5-4-12(21)7-14(13)22/h1-7,9,15H,8H2,(H,23,27)(H,25,26)/t15-/m0/s1. The van der Waals surface area contributed by atoms with Gasteiger partial charge in [0.2, 0.25) is 0 Å². The summed E-state index contributed by atoms with van der Waals surface area (Å²) in [5.74, 6) is -1.57. The molecule has 2 N–H and O–H groups in total. The number of carbonyl (C=O) groups excluding carboxylic acids is 1. The third-order valence-electron chi connectivity index (χ3n) is 3.83. The lowest BCUT2D eigenvalue weighted by Crippen LogP contribution is -2.30. The predicted molar refractivity (Wildman–Crippen MR) is 111 cm³/mol. The number of carboxylic acid groups (broad SMARTS) is 1. The Morgan fingerprint density at radius 2 is 1.86 bits per heavy atom. The van der Waals surface area contributed by atoms with Gasteiger partial charge in [-0.25, -0.2) is 4.98 Å². The molecule has 3 aromatic rings. The van der Waals surface area contributed by atoms with E-state index < -0.39 is 17.9 Å². The molecule has 5 nitrogen and oxygen atoms in total. The van der Waals surface area contributed by atoms with Gasteiger partial charge in [-0.05, 0) is 29.8 Å². The topological polar surface area (TPSA) is 79.3 Å². The summed E-state index contributed by atoms with van der Waals surface area (Å²) in [6, 6.07) is 11.0. The molecule has 1 amide bonds. The summed E-state index contributed by atoms with van der Waals surface area (Å²) in [6.07, 6.45) is -0.335. The predicted octanol–water partition coefficient (Wildman–Crippen LogP) is 5.72. The van der Waals surface area contributed by atoms with E-state index in [9.17, 15) is 14.7 Å². The van der Waals surface area contributed by atoms with Gasteiger partial charge in [-0.3, -0.25) is 9.59 Å². The van der Waals surface area contributed by atoms with Gasteiger partial charge in [-0.15, -0.1) is 11.3 Å². The minimum atomic E-state index is -1.07. The zero-order chi connectivity index (χ0) is 20.3. The fourth-order valence-corrected chi connectivity index (χ4v) is 4.09. The molecule has 0 radical (unpaired) electrons. The van der Waals surface area contributed by atoms with Gasteiger partial charge in [-0.2, -0.15) is 0 Å². The molecular weight excluding hydrogens is 443 g/mol. The number of carboxylic acids is 1. The number of carbonyl (C=O) groups is 2. The van der Waals surface area contributed by atoms with Crippen LogP contribution in [0.4, 0.5) is 0 Å². The highest BCUT2D eigenvalue weighted by atomic mass is 35.5. The molecule has 0 saturated heterocycles. The van der Waals surface area contributed by atoms with Gasteiger partial charge < -0.3 is 10.4 Å². The molecule has 144 valence electrons. The first-order valence-electron chi connectivity index (χ1n) is 8.02. The van der Waals surface area contributed by atoms with Gasteiger partial charge in [0, 0.05) is 26.0 Å². The van der Waals surface area contributed by atoms with Crippen molar-refractivity contribution in [1.82, 2.24) is 10.3 Å². The second kappa shape index (κ2) is 8.92. The van der Waals surface area contributed by atoms with Crippen LogP contribution in [0.1, 0.15) is 28.5 Å². The van der Waals surface area contributed by atoms with Gasteiger partial charge in [-0.1, -0.05) is 53.0 Å². The van der Waals surface area contributed by atoms with Gasteiger partial charge >= 0.3 is 5.97 Å². The van der Waals surface area contributed by atoms with E-state index in [1.165, 1.54) is 17.4 Å². The SMILES string of the molecule is O=C(O)C[C@H](NC(=O)c1csc(-c2cccc(Cl)c2)n1)c1ccc(Cl)cc1Cl. The zero-order valence-corrected chi connectivity index (χ0v) is 17.2. The molecule has 0 aliphatic carbocycles. The van der Waals surface area contributed by atoms with E-state index in [0.29, 0.717) is 20.6 Å². The van der Waals surface area contributed by atoms with Crippen molar-refractivity contribution in [2.24, 2.45) is 0 Å². The van der Waals surface area contributed by atoms with Crippen LogP contribution in [0.3, 0.4) is 0 Å². The molecule has 28 heavy (non-hydrogen) atoms. The molecule has 1 atom stereocenters. The van der Waals surface area contributed by atoms with Crippen LogP contribution in [0.15, 0.2) is 47.8 Å². The summed E-state index contributed by atoms with van der Waals surface area (Å²) in [5, 5.41) is 15.4. The molecule has 3 rings (SSSR count). The number of nitrogens with one attached hydrogen (secondary N) is 1. The smallest absolute Gasteiger partial charge is 0.305 e. The molecule has 1 heterocycles. The fraction of sp³-hybridized carbons (Fsp3) is 0.105. The number of rotatable bonds is 6. The maximum Gasteiger partial charge on any atom is 0.305 e. The van der Waals surface area contributed by atoms with E-state index >= 15 is 0 Å². The number of thiazole rings is 1. The van der Waals surface area contributed by atoms with Crippen molar-refractivity contribution in [3.05, 3.63) is 74.2 Å². The Bertz CT molecular complexity index is 1040. The molecule has 0 bridgehead atoms. The monoisotopic (exact) mass is 454 g/mol. The number of halogens is 3. The molecule has 0 saturated carbocycles. The molecule has 2 aromatic carbocycles. The first-order chi connectivity index (χ1) is 13.3. The van der Waals surface area contributed by atoms with Crippen molar-refractivity contribution >= 4 is 58.0 Å². The van der Waals surface area contributed by atoms with Crippen LogP contribution in [0, 0.1) is 0 Å². The highest BCUT2D eigenvalue weighted by molar-refractivity contribution is 7.13. The number of hydrogen-bond donors (Lipinski definition) is 2. The fourth-order valence-electron chi connectivity index (χ4n) is 2.56. The average Bonchev–Trinajstić information content (AvgIpc) is 3.11. The molecule has 9 heteroatoms. The van der Waals surface area contributed by atoms with Crippen molar-refractivity contribution < 1.29 is 14.7 Å². The Morgan fingerprint density at radius 1 is 1.11 bits per heavy atom. The molecule has 0 aliphatic rings. The molecule has 0 unspecified atom stereocenters. The second-order valence-electron chi connectivity index (χ2n) is 5.84. The number of hydrogen-bond acceptors (Lipinski definition) is 4. The molecule has 0 fully saturated rings. The van der Waals surface area contributed by atoms with Crippen molar-refractivity contribution in [3.63, 3.8) is 0 Å². The van der Waals surface area contributed by atoms with E-state index in [4.69, 9.17) is 34.8 Å². The Labute approximate surface area is 179 Å². The van der Waals surface area contributed by atoms with E-state index in [2.05, 4.69) is 10.3 Å². The van der Waals surface area contributed by atoms with E-state index in [1.807, 2.05) is 6.07 Å². The van der Waals surface area contributed by atoms with Crippen LogP contribution in [0.2, 0.25) is 15.1 Å². The normalized spacial score (nSPS) is 11.8. The first-order valence-corrected chi connectivity index (χ1v) is 10.0. The third kappa shape index (κ3) is 5.02. The van der Waals surface area contributed by atoms with Crippen molar-refractivity contribution in [1.29, 1.82) is 0 Å². The van der Waals surface area contributed by atoms with Crippen molar-refractivity contribution in [2.75, 3.05) is 0 Å². The zero-order valence-electron chi connectivity index (χ0n) is 14.2. The van der Waals surface area contributed by atoms with Crippen LogP contribution < -0.4 is 5.32 Å². The molecular formula is C19H13Cl3N2O3S. The number of amides is 1. The lowest BCUT2D eigenvalue weighted by atomic mass is 10.0. The molecule has 0 aliphatic heterocycles. The highest BCUT2D eigenvalue weighted by Crippen LogP contribution is 2.29. The summed E-state index contributed by atoms with van der Waals surface area (Å²) in [4.78, 5) is 28.2. The first kappa shape index (κ1) is 20.6. The highest BCUT2D eigenvalue weighted by Gasteiger charge is 2.22. The number of benzene rings is 2. The third-order valence-corrected chi connectivity index (χ3v) is 5.52. The largest absolute Gasteiger partial charge is 0.481 e. The molecule has 1 aromatic heterocycles. The van der Waals surface area contributed by atoms with E-state index in [1.54, 1.807) is 35.7 Å². The number of nitrogens with zero attached hydrogens (tertiary/aromatic N) is 1. The Kier molecular flexibility index (Phi) is 6.57. The van der Waals surface area contributed by atoms with Gasteiger partial charge in [0.25, 0.3) is 5.91 Å². The Morgan fingerprint density at radius 3 is 2.54 bits per heavy atom. The minimum absolute atomic E-state index is 0.181. The quantitative estimate of drug-likeness (QED) is 0.498. The van der Waals surface area contributed by atoms with Crippen LogP contribution in [-0.4, -0.2) is 22.0 Å². The van der Waals surface area contributed by atoms with Gasteiger partial charge in [0.1, 0.15) is 10.7 Å².